The molecule has 2 atom stereocenters. The van der Waals surface area contributed by atoms with Crippen LogP contribution in [0, 0.1) is 17.6 Å². The summed E-state index contributed by atoms with van der Waals surface area (Å²) in [6.07, 6.45) is 0.306. The van der Waals surface area contributed by atoms with Crippen molar-refractivity contribution in [2.24, 2.45) is 11.0 Å². The molecule has 0 fully saturated rings. The van der Waals surface area contributed by atoms with E-state index in [1.165, 1.54) is 29.2 Å². The number of azide groups is 1. The highest BCUT2D eigenvalue weighted by atomic mass is 32.2. The normalized spacial score (nSPS) is 13.8. The fraction of sp³-hybridized carbons (Fsp3) is 0.409. The summed E-state index contributed by atoms with van der Waals surface area (Å²) in [5.74, 6) is -1.68. The summed E-state index contributed by atoms with van der Waals surface area (Å²) in [5, 5.41) is 14.4. The molecule has 0 aliphatic carbocycles. The third-order valence-electron chi connectivity index (χ3n) is 5.12. The summed E-state index contributed by atoms with van der Waals surface area (Å²) < 4.78 is 57.0. The van der Waals surface area contributed by atoms with Gasteiger partial charge in [0.05, 0.1) is 27.3 Å². The van der Waals surface area contributed by atoms with E-state index >= 15 is 0 Å². The summed E-state index contributed by atoms with van der Waals surface area (Å²) in [6, 6.07) is 6.39. The SMILES string of the molecule is CSc1nc2ccc(S(=O)(=O)N(CC(C)C)C[C@@H](O)[C@H](Cc3cc(F)cc(F)c3)N=[N+]=[N-])cc2s1. The Kier molecular flexibility index (Phi) is 9.08. The Morgan fingerprint density at radius 3 is 2.49 bits per heavy atom. The Labute approximate surface area is 210 Å². The molecule has 0 saturated heterocycles. The van der Waals surface area contributed by atoms with Crippen LogP contribution in [0.4, 0.5) is 8.78 Å². The number of aliphatic hydroxyl groups is 1. The van der Waals surface area contributed by atoms with Crippen LogP contribution in [0.5, 0.6) is 0 Å². The lowest BCUT2D eigenvalue weighted by molar-refractivity contribution is 0.116. The molecule has 0 bridgehead atoms. The number of hydrogen-bond acceptors (Lipinski definition) is 7. The van der Waals surface area contributed by atoms with Crippen LogP contribution in [-0.4, -0.2) is 54.3 Å². The molecule has 3 aromatic rings. The molecule has 2 aromatic carbocycles. The Morgan fingerprint density at radius 2 is 1.89 bits per heavy atom. The molecule has 0 radical (unpaired) electrons. The maximum Gasteiger partial charge on any atom is 0.243 e. The van der Waals surface area contributed by atoms with Crippen LogP contribution in [0.3, 0.4) is 0 Å². The number of benzene rings is 2. The van der Waals surface area contributed by atoms with Crippen LogP contribution in [0.25, 0.3) is 20.7 Å². The van der Waals surface area contributed by atoms with Gasteiger partial charge in [0.25, 0.3) is 0 Å². The molecule has 1 aromatic heterocycles. The molecule has 0 aliphatic heterocycles. The molecule has 35 heavy (non-hydrogen) atoms. The maximum absolute atomic E-state index is 13.6. The Balaban J connectivity index is 1.90. The number of aliphatic hydroxyl groups excluding tert-OH is 1. The Morgan fingerprint density at radius 1 is 1.20 bits per heavy atom. The van der Waals surface area contributed by atoms with Crippen LogP contribution in [0.2, 0.25) is 0 Å². The first kappa shape index (κ1) is 27.3. The minimum atomic E-state index is -4.02. The fourth-order valence-corrected chi connectivity index (χ4v) is 6.83. The molecule has 0 saturated carbocycles. The van der Waals surface area contributed by atoms with Crippen molar-refractivity contribution in [2.75, 3.05) is 19.3 Å². The average Bonchev–Trinajstić information content (AvgIpc) is 3.20. The van der Waals surface area contributed by atoms with Gasteiger partial charge in [-0.1, -0.05) is 30.7 Å². The smallest absolute Gasteiger partial charge is 0.243 e. The second-order valence-electron chi connectivity index (χ2n) is 8.35. The van der Waals surface area contributed by atoms with Crippen molar-refractivity contribution in [1.82, 2.24) is 9.29 Å². The van der Waals surface area contributed by atoms with Gasteiger partial charge in [0.15, 0.2) is 4.34 Å². The van der Waals surface area contributed by atoms with E-state index in [2.05, 4.69) is 15.0 Å². The number of fused-ring (bicyclic) bond motifs is 1. The van der Waals surface area contributed by atoms with Gasteiger partial charge in [-0.25, -0.2) is 22.2 Å². The van der Waals surface area contributed by atoms with E-state index < -0.39 is 33.8 Å². The van der Waals surface area contributed by atoms with Gasteiger partial charge in [-0.2, -0.15) is 4.31 Å². The molecule has 188 valence electrons. The Bertz CT molecular complexity index is 1320. The van der Waals surface area contributed by atoms with Crippen molar-refractivity contribution in [1.29, 1.82) is 0 Å². The third-order valence-corrected chi connectivity index (χ3v) is 8.95. The van der Waals surface area contributed by atoms with E-state index in [-0.39, 0.29) is 35.9 Å². The van der Waals surface area contributed by atoms with Gasteiger partial charge in [0.1, 0.15) is 11.6 Å². The minimum absolute atomic E-state index is 0.0571. The second-order valence-corrected chi connectivity index (χ2v) is 12.4. The topological polar surface area (TPSA) is 119 Å². The number of rotatable bonds is 11. The number of sulfonamides is 1. The molecule has 3 rings (SSSR count). The number of halogens is 2. The van der Waals surface area contributed by atoms with Gasteiger partial charge < -0.3 is 5.11 Å². The van der Waals surface area contributed by atoms with Gasteiger partial charge in [0.2, 0.25) is 10.0 Å². The van der Waals surface area contributed by atoms with Crippen LogP contribution in [0.1, 0.15) is 19.4 Å². The summed E-state index contributed by atoms with van der Waals surface area (Å²) in [7, 11) is -4.02. The highest BCUT2D eigenvalue weighted by Gasteiger charge is 2.31. The zero-order chi connectivity index (χ0) is 25.8. The lowest BCUT2D eigenvalue weighted by atomic mass is 10.0. The minimum Gasteiger partial charge on any atom is -0.391 e. The van der Waals surface area contributed by atoms with Crippen molar-refractivity contribution in [3.63, 3.8) is 0 Å². The molecule has 0 aliphatic rings. The van der Waals surface area contributed by atoms with E-state index in [9.17, 15) is 22.3 Å². The lowest BCUT2D eigenvalue weighted by Crippen LogP contribution is -2.43. The summed E-state index contributed by atoms with van der Waals surface area (Å²) in [5.41, 5.74) is 9.85. The predicted octanol–water partition coefficient (Wildman–Crippen LogP) is 5.23. The van der Waals surface area contributed by atoms with Crippen molar-refractivity contribution < 1.29 is 22.3 Å². The zero-order valence-corrected chi connectivity index (χ0v) is 21.7. The predicted molar refractivity (Wildman–Crippen MR) is 134 cm³/mol. The molecule has 8 nitrogen and oxygen atoms in total. The number of thiazole rings is 1. The molecule has 1 N–H and O–H groups in total. The standard InChI is InChI=1S/C22H25F2N5O3S3/c1-13(2)11-29(35(31,32)17-4-5-18-21(10-17)34-22(26-18)33-3)12-20(30)19(27-28-25)8-14-6-15(23)9-16(24)7-14/h4-7,9-10,13,19-20,30H,8,11-12H2,1-3H3/t19-,20+/m0/s1. The molecule has 0 unspecified atom stereocenters. The van der Waals surface area contributed by atoms with E-state index in [1.54, 1.807) is 12.1 Å². The monoisotopic (exact) mass is 541 g/mol. The molecule has 0 amide bonds. The van der Waals surface area contributed by atoms with Crippen LogP contribution in [-0.2, 0) is 16.4 Å². The van der Waals surface area contributed by atoms with Gasteiger partial charge in [0, 0.05) is 24.1 Å². The summed E-state index contributed by atoms with van der Waals surface area (Å²) in [6.45, 7) is 3.42. The van der Waals surface area contributed by atoms with Gasteiger partial charge in [-0.15, -0.1) is 11.3 Å². The van der Waals surface area contributed by atoms with Crippen LogP contribution >= 0.6 is 23.1 Å². The molecule has 13 heteroatoms. The first-order chi connectivity index (χ1) is 16.5. The van der Waals surface area contributed by atoms with Crippen molar-refractivity contribution >= 4 is 43.3 Å². The molecular formula is C22H25F2N5O3S3. The number of hydrogen-bond donors (Lipinski definition) is 1. The summed E-state index contributed by atoms with van der Waals surface area (Å²) in [4.78, 5) is 7.22. The van der Waals surface area contributed by atoms with E-state index in [4.69, 9.17) is 5.53 Å². The Hall–Kier alpha value is -2.28. The van der Waals surface area contributed by atoms with Gasteiger partial charge in [-0.3, -0.25) is 0 Å². The van der Waals surface area contributed by atoms with Crippen molar-refractivity contribution in [3.8, 4) is 0 Å². The highest BCUT2D eigenvalue weighted by Crippen LogP contribution is 2.31. The van der Waals surface area contributed by atoms with E-state index in [1.807, 2.05) is 20.1 Å². The van der Waals surface area contributed by atoms with Crippen LogP contribution in [0.15, 0.2) is 50.7 Å². The quantitative estimate of drug-likeness (QED) is 0.154. The number of aromatic nitrogens is 1. The van der Waals surface area contributed by atoms with E-state index in [0.717, 1.165) is 25.5 Å². The van der Waals surface area contributed by atoms with Crippen molar-refractivity contribution in [3.05, 3.63) is 64.0 Å². The number of thioether (sulfide) groups is 1. The van der Waals surface area contributed by atoms with Crippen LogP contribution < -0.4 is 0 Å². The molecule has 0 spiro atoms. The second kappa shape index (κ2) is 11.6. The first-order valence-electron chi connectivity index (χ1n) is 10.7. The van der Waals surface area contributed by atoms with Crippen molar-refractivity contribution in [2.45, 2.75) is 41.6 Å². The third kappa shape index (κ3) is 6.90. The van der Waals surface area contributed by atoms with Gasteiger partial charge >= 0.3 is 0 Å². The van der Waals surface area contributed by atoms with E-state index in [0.29, 0.717) is 11.6 Å². The average molecular weight is 542 g/mol. The largest absolute Gasteiger partial charge is 0.391 e. The number of nitrogens with zero attached hydrogens (tertiary/aromatic N) is 5. The fourth-order valence-electron chi connectivity index (χ4n) is 3.58. The lowest BCUT2D eigenvalue weighted by Gasteiger charge is -2.28. The molecular weight excluding hydrogens is 516 g/mol. The first-order valence-corrected chi connectivity index (χ1v) is 14.1. The van der Waals surface area contributed by atoms with Gasteiger partial charge in [-0.05, 0) is 60.0 Å². The highest BCUT2D eigenvalue weighted by molar-refractivity contribution is 8.00. The summed E-state index contributed by atoms with van der Waals surface area (Å²) >= 11 is 2.85. The zero-order valence-electron chi connectivity index (χ0n) is 19.3. The molecule has 1 heterocycles. The maximum atomic E-state index is 13.6.